The highest BCUT2D eigenvalue weighted by molar-refractivity contribution is 7.07. The molecule has 2 aliphatic heterocycles. The van der Waals surface area contributed by atoms with Gasteiger partial charge in [0.1, 0.15) is 5.82 Å². The van der Waals surface area contributed by atoms with Crippen LogP contribution in [0.15, 0.2) is 88.2 Å². The lowest BCUT2D eigenvalue weighted by Gasteiger charge is -2.26. The summed E-state index contributed by atoms with van der Waals surface area (Å²) in [6, 6.07) is 20.4. The van der Waals surface area contributed by atoms with E-state index < -0.39 is 17.8 Å². The highest BCUT2D eigenvalue weighted by Gasteiger charge is 2.36. The Labute approximate surface area is 271 Å². The van der Waals surface area contributed by atoms with E-state index in [-0.39, 0.29) is 29.6 Å². The van der Waals surface area contributed by atoms with Gasteiger partial charge in [-0.15, -0.1) is 0 Å². The SMILES string of the molecule is CCOC(=O)C1=C(c2ccccc2)N=c2s/c(=C/c3cc(C)n(-c4ccc(F)c(Cl)c4)c3C)c(=O)n2C1c1ccc2c(c1)OCO2. The van der Waals surface area contributed by atoms with Crippen molar-refractivity contribution in [3.05, 3.63) is 137 Å². The second kappa shape index (κ2) is 11.8. The molecule has 0 radical (unpaired) electrons. The normalized spacial score (nSPS) is 15.6. The third kappa shape index (κ3) is 5.03. The van der Waals surface area contributed by atoms with Crippen LogP contribution in [0.4, 0.5) is 4.39 Å². The van der Waals surface area contributed by atoms with Crippen molar-refractivity contribution in [1.29, 1.82) is 0 Å². The summed E-state index contributed by atoms with van der Waals surface area (Å²) in [6.07, 6.45) is 1.82. The van der Waals surface area contributed by atoms with Crippen molar-refractivity contribution in [2.75, 3.05) is 13.4 Å². The Morgan fingerprint density at radius 2 is 1.87 bits per heavy atom. The largest absolute Gasteiger partial charge is 0.463 e. The van der Waals surface area contributed by atoms with E-state index in [1.54, 1.807) is 35.8 Å². The average molecular weight is 656 g/mol. The number of hydrogen-bond donors (Lipinski definition) is 0. The summed E-state index contributed by atoms with van der Waals surface area (Å²) in [5.41, 5.74) is 4.97. The van der Waals surface area contributed by atoms with E-state index in [1.807, 2.05) is 67.0 Å². The van der Waals surface area contributed by atoms with Gasteiger partial charge < -0.3 is 18.8 Å². The van der Waals surface area contributed by atoms with E-state index in [0.717, 1.165) is 22.5 Å². The zero-order valence-electron chi connectivity index (χ0n) is 25.0. The number of rotatable bonds is 6. The molecule has 46 heavy (non-hydrogen) atoms. The Bertz CT molecular complexity index is 2250. The molecular weight excluding hydrogens is 629 g/mol. The lowest BCUT2D eigenvalue weighted by molar-refractivity contribution is -0.138. The number of ether oxygens (including phenoxy) is 3. The third-order valence-corrected chi connectivity index (χ3v) is 9.28. The summed E-state index contributed by atoms with van der Waals surface area (Å²) in [5, 5.41) is 0.0231. The lowest BCUT2D eigenvalue weighted by Crippen LogP contribution is -2.40. The molecule has 3 aromatic carbocycles. The second-order valence-electron chi connectivity index (χ2n) is 10.8. The van der Waals surface area contributed by atoms with Gasteiger partial charge in [0.25, 0.3) is 5.56 Å². The van der Waals surface area contributed by atoms with E-state index in [9.17, 15) is 14.0 Å². The van der Waals surface area contributed by atoms with Crippen molar-refractivity contribution in [3.63, 3.8) is 0 Å². The summed E-state index contributed by atoms with van der Waals surface area (Å²) in [6.45, 7) is 5.83. The summed E-state index contributed by atoms with van der Waals surface area (Å²) in [4.78, 5) is 33.4. The smallest absolute Gasteiger partial charge is 0.338 e. The maximum atomic E-state index is 14.3. The van der Waals surface area contributed by atoms with Gasteiger partial charge >= 0.3 is 5.97 Å². The summed E-state index contributed by atoms with van der Waals surface area (Å²) in [5.74, 6) is 0.0418. The molecule has 2 aliphatic rings. The highest BCUT2D eigenvalue weighted by Crippen LogP contribution is 2.40. The molecule has 0 amide bonds. The quantitative estimate of drug-likeness (QED) is 0.214. The van der Waals surface area contributed by atoms with Crippen molar-refractivity contribution < 1.29 is 23.4 Å². The fourth-order valence-electron chi connectivity index (χ4n) is 5.94. The first kappa shape index (κ1) is 29.8. The number of halogens is 2. The van der Waals surface area contributed by atoms with Gasteiger partial charge in [0.05, 0.1) is 33.5 Å². The van der Waals surface area contributed by atoms with Crippen molar-refractivity contribution in [1.82, 2.24) is 9.13 Å². The second-order valence-corrected chi connectivity index (χ2v) is 12.2. The lowest BCUT2D eigenvalue weighted by atomic mass is 9.93. The van der Waals surface area contributed by atoms with E-state index >= 15 is 0 Å². The molecule has 0 saturated heterocycles. The standard InChI is InChI=1S/C35H27ClFN3O5S/c1-4-43-34(42)30-31(21-8-6-5-7-9-21)38-35-40(32(30)22-10-13-27-28(15-22)45-18-44-27)33(41)29(46-35)16-23-14-19(2)39(20(23)3)24-11-12-26(37)25(36)17-24/h5-17,32H,4,18H2,1-3H3/b29-16+. The first-order valence-corrected chi connectivity index (χ1v) is 15.8. The number of thiazole rings is 1. The number of hydrogen-bond acceptors (Lipinski definition) is 7. The van der Waals surface area contributed by atoms with Gasteiger partial charge in [0, 0.05) is 22.6 Å². The van der Waals surface area contributed by atoms with Crippen LogP contribution >= 0.6 is 22.9 Å². The summed E-state index contributed by atoms with van der Waals surface area (Å²) in [7, 11) is 0. The Morgan fingerprint density at radius 1 is 1.09 bits per heavy atom. The maximum absolute atomic E-state index is 14.3. The molecule has 0 saturated carbocycles. The van der Waals surface area contributed by atoms with Crippen LogP contribution in [0, 0.1) is 19.7 Å². The summed E-state index contributed by atoms with van der Waals surface area (Å²) < 4.78 is 34.6. The van der Waals surface area contributed by atoms with Crippen LogP contribution in [-0.2, 0) is 9.53 Å². The molecule has 0 fully saturated rings. The molecule has 232 valence electrons. The molecule has 2 aromatic heterocycles. The number of aryl methyl sites for hydroxylation is 1. The number of benzene rings is 3. The molecule has 1 atom stereocenters. The highest BCUT2D eigenvalue weighted by atomic mass is 35.5. The van der Waals surface area contributed by atoms with Crippen molar-refractivity contribution in [3.8, 4) is 17.2 Å². The Balaban J connectivity index is 1.46. The number of fused-ring (bicyclic) bond motifs is 2. The number of esters is 1. The Morgan fingerprint density at radius 3 is 2.63 bits per heavy atom. The molecular formula is C35H27ClFN3O5S. The van der Waals surface area contributed by atoms with Crippen LogP contribution in [0.3, 0.4) is 0 Å². The minimum atomic E-state index is -0.851. The van der Waals surface area contributed by atoms with E-state index in [1.165, 1.54) is 17.4 Å². The molecule has 0 spiro atoms. The molecule has 1 unspecified atom stereocenters. The van der Waals surface area contributed by atoms with Gasteiger partial charge in [0.15, 0.2) is 16.3 Å². The van der Waals surface area contributed by atoms with Crippen molar-refractivity contribution >= 4 is 40.7 Å². The summed E-state index contributed by atoms with van der Waals surface area (Å²) >= 11 is 7.32. The predicted octanol–water partition coefficient (Wildman–Crippen LogP) is 5.86. The molecule has 5 aromatic rings. The van der Waals surface area contributed by atoms with E-state index in [4.69, 9.17) is 30.8 Å². The predicted molar refractivity (Wildman–Crippen MR) is 174 cm³/mol. The van der Waals surface area contributed by atoms with E-state index in [0.29, 0.717) is 37.8 Å². The molecule has 0 aliphatic carbocycles. The fraction of sp³-hybridized carbons (Fsp3) is 0.171. The Kier molecular flexibility index (Phi) is 7.62. The van der Waals surface area contributed by atoms with E-state index in [2.05, 4.69) is 0 Å². The topological polar surface area (TPSA) is 84.1 Å². The van der Waals surface area contributed by atoms with Gasteiger partial charge in [-0.2, -0.15) is 0 Å². The van der Waals surface area contributed by atoms with Gasteiger partial charge in [-0.3, -0.25) is 9.36 Å². The van der Waals surface area contributed by atoms with Crippen molar-refractivity contribution in [2.45, 2.75) is 26.8 Å². The zero-order chi connectivity index (χ0) is 32.1. The molecule has 0 N–H and O–H groups in total. The molecule has 7 rings (SSSR count). The number of carbonyl (C=O) groups is 1. The van der Waals surface area contributed by atoms with Gasteiger partial charge in [-0.25, -0.2) is 14.2 Å². The van der Waals surface area contributed by atoms with Crippen LogP contribution in [0.25, 0.3) is 17.5 Å². The van der Waals surface area contributed by atoms with Gasteiger partial charge in [0.2, 0.25) is 6.79 Å². The number of nitrogens with zero attached hydrogens (tertiary/aromatic N) is 3. The zero-order valence-corrected chi connectivity index (χ0v) is 26.6. The average Bonchev–Trinajstić information content (AvgIpc) is 3.73. The van der Waals surface area contributed by atoms with Crippen LogP contribution in [0.5, 0.6) is 11.5 Å². The third-order valence-electron chi connectivity index (χ3n) is 8.00. The van der Waals surface area contributed by atoms with Crippen LogP contribution in [0.1, 0.15) is 41.0 Å². The maximum Gasteiger partial charge on any atom is 0.338 e. The molecule has 8 nitrogen and oxygen atoms in total. The first-order valence-electron chi connectivity index (χ1n) is 14.6. The molecule has 4 heterocycles. The minimum Gasteiger partial charge on any atom is -0.463 e. The van der Waals surface area contributed by atoms with Gasteiger partial charge in [-0.1, -0.05) is 59.3 Å². The molecule has 11 heteroatoms. The van der Waals surface area contributed by atoms with Crippen LogP contribution < -0.4 is 24.4 Å². The van der Waals surface area contributed by atoms with Crippen molar-refractivity contribution in [2.24, 2.45) is 4.99 Å². The number of aromatic nitrogens is 2. The Hall–Kier alpha value is -4.93. The van der Waals surface area contributed by atoms with Gasteiger partial charge in [-0.05, 0) is 74.4 Å². The minimum absolute atomic E-state index is 0.0231. The van der Waals surface area contributed by atoms with Crippen LogP contribution in [-0.4, -0.2) is 28.5 Å². The molecule has 0 bridgehead atoms. The fourth-order valence-corrected chi connectivity index (χ4v) is 7.10. The monoisotopic (exact) mass is 655 g/mol. The number of carbonyl (C=O) groups excluding carboxylic acids is 1. The first-order chi connectivity index (χ1) is 22.2. The van der Waals surface area contributed by atoms with Crippen LogP contribution in [0.2, 0.25) is 5.02 Å².